The minimum Gasteiger partial charge on any atom is -0.0778 e. The number of aryl methyl sites for hydroxylation is 1. The molecule has 1 aliphatic rings. The molecule has 0 bridgehead atoms. The van der Waals surface area contributed by atoms with Crippen LogP contribution in [-0.4, -0.2) is 0 Å². The van der Waals surface area contributed by atoms with E-state index in [0.717, 1.165) is 6.42 Å². The summed E-state index contributed by atoms with van der Waals surface area (Å²) in [6.45, 7) is 4.31. The van der Waals surface area contributed by atoms with Crippen molar-refractivity contribution < 1.29 is 0 Å². The van der Waals surface area contributed by atoms with Gasteiger partial charge < -0.3 is 0 Å². The highest BCUT2D eigenvalue weighted by atomic mass is 14.1. The number of benzene rings is 1. The molecule has 0 nitrogen and oxygen atoms in total. The van der Waals surface area contributed by atoms with Crippen molar-refractivity contribution in [2.24, 2.45) is 0 Å². The smallest absolute Gasteiger partial charge is 0.0154 e. The average molecular weight is 196 g/mol. The SMILES string of the molecule is CC1=CCC=C(c2ccccc2C)C=C1. The van der Waals surface area contributed by atoms with E-state index in [1.54, 1.807) is 0 Å². The summed E-state index contributed by atoms with van der Waals surface area (Å²) in [5.74, 6) is 0. The molecule has 0 radical (unpaired) electrons. The molecule has 0 aliphatic heterocycles. The summed E-state index contributed by atoms with van der Waals surface area (Å²) in [6.07, 6.45) is 9.96. The van der Waals surface area contributed by atoms with E-state index in [1.165, 1.54) is 22.3 Å². The van der Waals surface area contributed by atoms with Gasteiger partial charge in [-0.1, -0.05) is 54.1 Å². The first-order valence-corrected chi connectivity index (χ1v) is 5.38. The molecule has 0 amide bonds. The minimum absolute atomic E-state index is 1.03. The fourth-order valence-electron chi connectivity index (χ4n) is 1.83. The Hall–Kier alpha value is -1.56. The molecule has 0 spiro atoms. The first-order chi connectivity index (χ1) is 7.27. The molecule has 76 valence electrons. The molecule has 0 saturated carbocycles. The normalized spacial score (nSPS) is 15.6. The topological polar surface area (TPSA) is 0 Å². The van der Waals surface area contributed by atoms with Crippen LogP contribution in [0.4, 0.5) is 0 Å². The molecule has 0 heteroatoms. The lowest BCUT2D eigenvalue weighted by Crippen LogP contribution is -1.85. The lowest BCUT2D eigenvalue weighted by Gasteiger charge is -2.05. The molecule has 0 aromatic heterocycles. The predicted octanol–water partition coefficient (Wildman–Crippen LogP) is 4.28. The van der Waals surface area contributed by atoms with Crippen LogP contribution in [0.5, 0.6) is 0 Å². The molecule has 0 fully saturated rings. The van der Waals surface area contributed by atoms with E-state index in [2.05, 4.69) is 62.4 Å². The fourth-order valence-corrected chi connectivity index (χ4v) is 1.83. The summed E-state index contributed by atoms with van der Waals surface area (Å²) < 4.78 is 0. The average Bonchev–Trinajstić information content (AvgIpc) is 2.44. The van der Waals surface area contributed by atoms with Gasteiger partial charge in [-0.05, 0) is 37.0 Å². The predicted molar refractivity (Wildman–Crippen MR) is 66.7 cm³/mol. The fraction of sp³-hybridized carbons (Fsp3) is 0.200. The lowest BCUT2D eigenvalue weighted by atomic mass is 10.00. The van der Waals surface area contributed by atoms with Crippen LogP contribution in [0.2, 0.25) is 0 Å². The van der Waals surface area contributed by atoms with Gasteiger partial charge >= 0.3 is 0 Å². The number of hydrogen-bond donors (Lipinski definition) is 0. The molecule has 15 heavy (non-hydrogen) atoms. The maximum Gasteiger partial charge on any atom is -0.0154 e. The molecule has 1 aliphatic carbocycles. The summed E-state index contributed by atoms with van der Waals surface area (Å²) in [4.78, 5) is 0. The van der Waals surface area contributed by atoms with Gasteiger partial charge in [-0.15, -0.1) is 0 Å². The van der Waals surface area contributed by atoms with Gasteiger partial charge in [0, 0.05) is 0 Å². The Morgan fingerprint density at radius 1 is 0.933 bits per heavy atom. The Balaban J connectivity index is 2.38. The zero-order chi connectivity index (χ0) is 10.7. The van der Waals surface area contributed by atoms with Gasteiger partial charge in [0.05, 0.1) is 0 Å². The van der Waals surface area contributed by atoms with E-state index in [-0.39, 0.29) is 0 Å². The van der Waals surface area contributed by atoms with Gasteiger partial charge in [0.2, 0.25) is 0 Å². The summed E-state index contributed by atoms with van der Waals surface area (Å²) >= 11 is 0. The summed E-state index contributed by atoms with van der Waals surface area (Å²) in [6, 6.07) is 8.53. The number of hydrogen-bond acceptors (Lipinski definition) is 0. The molecule has 0 N–H and O–H groups in total. The van der Waals surface area contributed by atoms with E-state index in [4.69, 9.17) is 0 Å². The van der Waals surface area contributed by atoms with Crippen molar-refractivity contribution in [3.8, 4) is 0 Å². The minimum atomic E-state index is 1.03. The largest absolute Gasteiger partial charge is 0.0778 e. The van der Waals surface area contributed by atoms with Gasteiger partial charge in [0.25, 0.3) is 0 Å². The van der Waals surface area contributed by atoms with Crippen LogP contribution >= 0.6 is 0 Å². The van der Waals surface area contributed by atoms with E-state index in [9.17, 15) is 0 Å². The first kappa shape index (κ1) is 9.97. The van der Waals surface area contributed by atoms with Gasteiger partial charge in [0.15, 0.2) is 0 Å². The highest BCUT2D eigenvalue weighted by Gasteiger charge is 2.02. The van der Waals surface area contributed by atoms with Crippen LogP contribution in [0.15, 0.2) is 54.1 Å². The van der Waals surface area contributed by atoms with Crippen molar-refractivity contribution in [1.29, 1.82) is 0 Å². The molecule has 0 saturated heterocycles. The number of rotatable bonds is 1. The third-order valence-electron chi connectivity index (χ3n) is 2.76. The molecule has 2 rings (SSSR count). The third kappa shape index (κ3) is 2.27. The van der Waals surface area contributed by atoms with Crippen molar-refractivity contribution in [2.45, 2.75) is 20.3 Å². The standard InChI is InChI=1S/C15H16/c1-12-6-5-8-14(11-10-12)15-9-4-3-7-13(15)2/h3-4,6-11H,5H2,1-2H3. The first-order valence-electron chi connectivity index (χ1n) is 5.38. The van der Waals surface area contributed by atoms with E-state index < -0.39 is 0 Å². The molecule has 0 heterocycles. The van der Waals surface area contributed by atoms with Crippen LogP contribution in [0, 0.1) is 6.92 Å². The van der Waals surface area contributed by atoms with Crippen molar-refractivity contribution in [3.63, 3.8) is 0 Å². The molecule has 1 aromatic rings. The van der Waals surface area contributed by atoms with Crippen LogP contribution in [0.25, 0.3) is 5.57 Å². The van der Waals surface area contributed by atoms with E-state index in [0.29, 0.717) is 0 Å². The Morgan fingerprint density at radius 3 is 2.53 bits per heavy atom. The van der Waals surface area contributed by atoms with Crippen LogP contribution in [0.1, 0.15) is 24.5 Å². The molecular formula is C15H16. The summed E-state index contributed by atoms with van der Waals surface area (Å²) in [5.41, 5.74) is 5.36. The second-order valence-corrected chi connectivity index (χ2v) is 3.99. The van der Waals surface area contributed by atoms with Gasteiger partial charge in [-0.3, -0.25) is 0 Å². The van der Waals surface area contributed by atoms with Crippen molar-refractivity contribution in [1.82, 2.24) is 0 Å². The van der Waals surface area contributed by atoms with Gasteiger partial charge in [-0.25, -0.2) is 0 Å². The van der Waals surface area contributed by atoms with Gasteiger partial charge in [-0.2, -0.15) is 0 Å². The Labute approximate surface area is 91.6 Å². The maximum absolute atomic E-state index is 2.29. The lowest BCUT2D eigenvalue weighted by molar-refractivity contribution is 1.34. The quantitative estimate of drug-likeness (QED) is 0.628. The molecule has 1 aromatic carbocycles. The summed E-state index contributed by atoms with van der Waals surface area (Å²) in [5, 5.41) is 0. The van der Waals surface area contributed by atoms with Crippen LogP contribution in [0.3, 0.4) is 0 Å². The Kier molecular flexibility index (Phi) is 2.86. The zero-order valence-electron chi connectivity index (χ0n) is 9.33. The molecule has 0 unspecified atom stereocenters. The molecule has 0 atom stereocenters. The van der Waals surface area contributed by atoms with Crippen LogP contribution in [-0.2, 0) is 0 Å². The van der Waals surface area contributed by atoms with Crippen molar-refractivity contribution in [2.75, 3.05) is 0 Å². The highest BCUT2D eigenvalue weighted by Crippen LogP contribution is 2.23. The zero-order valence-corrected chi connectivity index (χ0v) is 9.33. The van der Waals surface area contributed by atoms with E-state index >= 15 is 0 Å². The molecular weight excluding hydrogens is 180 g/mol. The van der Waals surface area contributed by atoms with Crippen molar-refractivity contribution >= 4 is 5.57 Å². The van der Waals surface area contributed by atoms with Gasteiger partial charge in [0.1, 0.15) is 0 Å². The second kappa shape index (κ2) is 4.31. The van der Waals surface area contributed by atoms with Crippen LogP contribution < -0.4 is 0 Å². The second-order valence-electron chi connectivity index (χ2n) is 3.99. The van der Waals surface area contributed by atoms with E-state index in [1.807, 2.05) is 0 Å². The van der Waals surface area contributed by atoms with Crippen molar-refractivity contribution in [3.05, 3.63) is 65.3 Å². The third-order valence-corrected chi connectivity index (χ3v) is 2.76. The highest BCUT2D eigenvalue weighted by molar-refractivity contribution is 5.77. The maximum atomic E-state index is 2.29. The Morgan fingerprint density at radius 2 is 1.73 bits per heavy atom. The summed E-state index contributed by atoms with van der Waals surface area (Å²) in [7, 11) is 0. The number of allylic oxidation sites excluding steroid dienone is 6. The Bertz CT molecular complexity index is 445. The monoisotopic (exact) mass is 196 g/mol.